The van der Waals surface area contributed by atoms with Crippen molar-refractivity contribution in [2.45, 2.75) is 10.0 Å². The zero-order valence-corrected chi connectivity index (χ0v) is 15.9. The topological polar surface area (TPSA) is 95.7 Å². The molecule has 0 spiro atoms. The van der Waals surface area contributed by atoms with Crippen LogP contribution in [0.1, 0.15) is 11.1 Å². The Morgan fingerprint density at radius 2 is 1.64 bits per heavy atom. The van der Waals surface area contributed by atoms with E-state index in [4.69, 9.17) is 49.8 Å². The molecular weight excluding hydrogens is 398 g/mol. The van der Waals surface area contributed by atoms with Crippen LogP contribution in [0.5, 0.6) is 0 Å². The summed E-state index contributed by atoms with van der Waals surface area (Å²) in [6.45, 7) is 0. The van der Waals surface area contributed by atoms with Gasteiger partial charge >= 0.3 is 10.1 Å². The van der Waals surface area contributed by atoms with E-state index in [1.165, 1.54) is 24.3 Å². The molecule has 28 heavy (non-hydrogen) atoms. The van der Waals surface area contributed by atoms with Gasteiger partial charge in [0.1, 0.15) is 7.85 Å². The molecule has 2 N–H and O–H groups in total. The van der Waals surface area contributed by atoms with Crippen molar-refractivity contribution in [1.29, 1.82) is 0 Å². The van der Waals surface area contributed by atoms with Gasteiger partial charge < -0.3 is 14.7 Å². The molecule has 1 unspecified atom stereocenters. The van der Waals surface area contributed by atoms with E-state index < -0.39 is 37.6 Å². The second-order valence-corrected chi connectivity index (χ2v) is 8.19. The molecule has 11 heteroatoms. The van der Waals surface area contributed by atoms with Gasteiger partial charge in [-0.3, -0.25) is 4.79 Å². The summed E-state index contributed by atoms with van der Waals surface area (Å²) in [5, 5.41) is 0.117. The van der Waals surface area contributed by atoms with Gasteiger partial charge in [0, 0.05) is 10.6 Å². The van der Waals surface area contributed by atoms with E-state index in [0.29, 0.717) is 0 Å². The molecule has 0 aromatic heterocycles. The van der Waals surface area contributed by atoms with E-state index in [1.54, 1.807) is 30.3 Å². The Kier molecular flexibility index (Phi) is 5.06. The number of nitrogens with two attached hydrogens (primary N) is 1. The summed E-state index contributed by atoms with van der Waals surface area (Å²) in [5.74, 6) is -2.52. The maximum absolute atomic E-state index is 12.8. The third kappa shape index (κ3) is 3.20. The fourth-order valence-electron chi connectivity index (χ4n) is 2.59. The highest BCUT2D eigenvalue weighted by molar-refractivity contribution is 7.90. The number of hydrogen-bond donors (Lipinski definition) is 1. The van der Waals surface area contributed by atoms with E-state index in [2.05, 4.69) is 0 Å². The van der Waals surface area contributed by atoms with Gasteiger partial charge in [-0.15, -0.1) is 0 Å². The van der Waals surface area contributed by atoms with Crippen molar-refractivity contribution in [2.75, 3.05) is 0 Å². The smallest absolute Gasteiger partial charge is 0.302 e. The lowest BCUT2D eigenvalue weighted by Gasteiger charge is -2.26. The molecule has 3 rings (SSSR count). The van der Waals surface area contributed by atoms with Crippen molar-refractivity contribution in [3.05, 3.63) is 82.4 Å². The molecule has 0 fully saturated rings. The largest absolute Gasteiger partial charge is 0.467 e. The predicted octanol–water partition coefficient (Wildman–Crippen LogP) is 0.882. The predicted molar refractivity (Wildman–Crippen MR) is 106 cm³/mol. The molecule has 0 amide bonds. The molecule has 2 aromatic rings. The van der Waals surface area contributed by atoms with E-state index in [9.17, 15) is 13.2 Å². The summed E-state index contributed by atoms with van der Waals surface area (Å²) in [4.78, 5) is 12.8. The SMILES string of the molecule is [B]C1(c2ccccc2Cl)OC(N)=C(OS(=O)(=O)C([B])([B])c2ccccc2)C1=O. The maximum Gasteiger partial charge on any atom is 0.302 e. The van der Waals surface area contributed by atoms with Crippen LogP contribution in [-0.4, -0.2) is 37.7 Å². The molecule has 1 heterocycles. The zero-order valence-electron chi connectivity index (χ0n) is 14.3. The number of rotatable bonds is 5. The normalized spacial score (nSPS) is 20.1. The minimum Gasteiger partial charge on any atom is -0.467 e. The van der Waals surface area contributed by atoms with Crippen molar-refractivity contribution >= 4 is 51.0 Å². The number of ether oxygens (including phenoxy) is 1. The first kappa shape index (κ1) is 20.4. The van der Waals surface area contributed by atoms with Gasteiger partial charge in [0.05, 0.1) is 20.2 Å². The van der Waals surface area contributed by atoms with Gasteiger partial charge in [0.15, 0.2) is 5.50 Å². The molecule has 6 nitrogen and oxygen atoms in total. The highest BCUT2D eigenvalue weighted by Gasteiger charge is 2.51. The molecular formula is C17H11B3ClNO5S. The molecule has 0 saturated carbocycles. The van der Waals surface area contributed by atoms with Gasteiger partial charge in [-0.1, -0.05) is 60.1 Å². The molecule has 6 radical (unpaired) electrons. The molecule has 0 aliphatic carbocycles. The minimum absolute atomic E-state index is 0.0330. The first-order valence-corrected chi connectivity index (χ1v) is 9.64. The van der Waals surface area contributed by atoms with Gasteiger partial charge in [0.25, 0.3) is 0 Å². The molecule has 2 aromatic carbocycles. The van der Waals surface area contributed by atoms with Crippen molar-refractivity contribution in [3.8, 4) is 0 Å². The Morgan fingerprint density at radius 1 is 1.07 bits per heavy atom. The number of halogens is 1. The van der Waals surface area contributed by atoms with E-state index in [1.807, 2.05) is 0 Å². The molecule has 1 aliphatic rings. The standard InChI is InChI=1S/C17H11B3ClNO5S/c18-16(11-8-4-5-9-12(11)21)14(23)13(15(22)26-16)27-28(24,25)17(19,20)10-6-2-1-3-7-10/h1-9H,22H2. The molecule has 1 atom stereocenters. The number of Topliss-reactive ketones (excluding diaryl/α,β-unsaturated/α-hetero) is 1. The van der Waals surface area contributed by atoms with Crippen molar-refractivity contribution in [2.24, 2.45) is 5.73 Å². The summed E-state index contributed by atoms with van der Waals surface area (Å²) < 4.78 is 33.0. The number of carbonyl (C=O) groups is 1. The molecule has 0 saturated heterocycles. The van der Waals surface area contributed by atoms with Crippen LogP contribution in [0.3, 0.4) is 0 Å². The first-order chi connectivity index (χ1) is 13.0. The van der Waals surface area contributed by atoms with Crippen molar-refractivity contribution in [3.63, 3.8) is 0 Å². The van der Waals surface area contributed by atoms with Crippen LogP contribution in [0, 0.1) is 0 Å². The third-order valence-electron chi connectivity index (χ3n) is 4.14. The third-order valence-corrected chi connectivity index (χ3v) is 5.92. The Hall–Kier alpha value is -2.32. The average Bonchev–Trinajstić information content (AvgIpc) is 2.86. The Balaban J connectivity index is 1.96. The quantitative estimate of drug-likeness (QED) is 0.582. The van der Waals surface area contributed by atoms with E-state index in [0.717, 1.165) is 0 Å². The van der Waals surface area contributed by atoms with Crippen molar-refractivity contribution < 1.29 is 22.1 Å². The first-order valence-electron chi connectivity index (χ1n) is 7.85. The summed E-state index contributed by atoms with van der Waals surface area (Å²) in [6, 6.07) is 13.6. The van der Waals surface area contributed by atoms with Crippen LogP contribution in [0.4, 0.5) is 0 Å². The molecule has 1 aliphatic heterocycles. The second-order valence-electron chi connectivity index (χ2n) is 6.04. The van der Waals surface area contributed by atoms with Crippen LogP contribution in [0.25, 0.3) is 0 Å². The number of hydrogen-bond acceptors (Lipinski definition) is 6. The van der Waals surface area contributed by atoms with E-state index >= 15 is 0 Å². The Labute approximate surface area is 171 Å². The minimum atomic E-state index is -4.78. The zero-order chi connectivity index (χ0) is 20.7. The van der Waals surface area contributed by atoms with Gasteiger partial charge in [-0.2, -0.15) is 8.42 Å². The summed E-state index contributed by atoms with van der Waals surface area (Å²) >= 11 is 6.07. The maximum atomic E-state index is 12.8. The summed E-state index contributed by atoms with van der Waals surface area (Å²) in [5.41, 5.74) is 3.62. The lowest BCUT2D eigenvalue weighted by Crippen LogP contribution is -2.40. The Morgan fingerprint density at radius 3 is 2.25 bits per heavy atom. The lowest BCUT2D eigenvalue weighted by atomic mass is 9.65. The lowest BCUT2D eigenvalue weighted by molar-refractivity contribution is -0.126. The number of ketones is 1. The number of benzene rings is 2. The fourth-order valence-corrected chi connectivity index (χ4v) is 3.80. The summed E-state index contributed by atoms with van der Waals surface area (Å²) in [7, 11) is 12.8. The van der Waals surface area contributed by atoms with Crippen molar-refractivity contribution in [1.82, 2.24) is 0 Å². The molecule has 0 bridgehead atoms. The van der Waals surface area contributed by atoms with Crippen LogP contribution in [-0.2, 0) is 33.9 Å². The molecule has 136 valence electrons. The monoisotopic (exact) mass is 409 g/mol. The fraction of sp³-hybridized carbons (Fsp3) is 0.118. The second kappa shape index (κ2) is 6.94. The average molecular weight is 409 g/mol. The summed E-state index contributed by atoms with van der Waals surface area (Å²) in [6.07, 6.45) is 0. The highest BCUT2D eigenvalue weighted by Crippen LogP contribution is 2.40. The van der Waals surface area contributed by atoms with Gasteiger partial charge in [-0.25, -0.2) is 0 Å². The van der Waals surface area contributed by atoms with Crippen LogP contribution in [0.2, 0.25) is 5.02 Å². The van der Waals surface area contributed by atoms with E-state index in [-0.39, 0.29) is 16.1 Å². The van der Waals surface area contributed by atoms with Crippen LogP contribution in [0.15, 0.2) is 66.2 Å². The van der Waals surface area contributed by atoms with Gasteiger partial charge in [0.2, 0.25) is 17.4 Å². The van der Waals surface area contributed by atoms with Crippen LogP contribution < -0.4 is 5.73 Å². The van der Waals surface area contributed by atoms with Crippen LogP contribution >= 0.6 is 11.6 Å². The number of carbonyl (C=O) groups excluding carboxylic acids is 1. The Bertz CT molecular complexity index is 1080. The van der Waals surface area contributed by atoms with Gasteiger partial charge in [-0.05, 0) is 11.6 Å². The highest BCUT2D eigenvalue weighted by atomic mass is 35.5.